The van der Waals surface area contributed by atoms with Gasteiger partial charge in [-0.05, 0) is 66.4 Å². The number of amides is 1. The van der Waals surface area contributed by atoms with Gasteiger partial charge >= 0.3 is 6.09 Å². The predicted molar refractivity (Wildman–Crippen MR) is 123 cm³/mol. The van der Waals surface area contributed by atoms with Crippen LogP contribution in [0.3, 0.4) is 0 Å². The normalized spacial score (nSPS) is 13.2. The summed E-state index contributed by atoms with van der Waals surface area (Å²) in [5.41, 5.74) is 2.93. The van der Waals surface area contributed by atoms with Crippen LogP contribution in [-0.2, 0) is 27.8 Å². The number of sulfonamides is 1. The third kappa shape index (κ3) is 4.70. The van der Waals surface area contributed by atoms with Crippen molar-refractivity contribution in [3.63, 3.8) is 0 Å². The number of benzene rings is 3. The molecule has 3 aromatic carbocycles. The zero-order chi connectivity index (χ0) is 22.6. The van der Waals surface area contributed by atoms with Crippen LogP contribution in [0, 0.1) is 0 Å². The highest BCUT2D eigenvalue weighted by atomic mass is 32.2. The molecule has 32 heavy (non-hydrogen) atoms. The third-order valence-corrected chi connectivity index (χ3v) is 7.09. The largest absolute Gasteiger partial charge is 0.497 e. The fourth-order valence-corrected chi connectivity index (χ4v) is 5.18. The van der Waals surface area contributed by atoms with Crippen LogP contribution in [0.5, 0.6) is 5.75 Å². The third-order valence-electron chi connectivity index (χ3n) is 5.26. The van der Waals surface area contributed by atoms with Gasteiger partial charge in [0.05, 0.1) is 17.7 Å². The minimum Gasteiger partial charge on any atom is -0.497 e. The number of ether oxygens (including phenoxy) is 2. The summed E-state index contributed by atoms with van der Waals surface area (Å²) >= 11 is 0. The van der Waals surface area contributed by atoms with Crippen molar-refractivity contribution < 1.29 is 22.7 Å². The maximum Gasteiger partial charge on any atom is 0.411 e. The monoisotopic (exact) mass is 452 g/mol. The van der Waals surface area contributed by atoms with Crippen molar-refractivity contribution in [3.8, 4) is 5.75 Å². The van der Waals surface area contributed by atoms with Gasteiger partial charge in [-0.2, -0.15) is 0 Å². The molecule has 1 aliphatic rings. The molecule has 0 saturated heterocycles. The summed E-state index contributed by atoms with van der Waals surface area (Å²) < 4.78 is 38.3. The molecule has 0 saturated carbocycles. The first kappa shape index (κ1) is 21.7. The standard InChI is InChI=1S/C24H24N2O5S/c1-30-21-10-12-22(13-11-21)32(28,29)26-15-5-8-19-16-20(9-14-23(19)26)25-24(27)31-17-18-6-3-2-4-7-18/h2-4,6-7,9-14,16H,5,8,15,17H2,1H3,(H,25,27). The van der Waals surface area contributed by atoms with Crippen LogP contribution >= 0.6 is 0 Å². The molecule has 0 aliphatic carbocycles. The van der Waals surface area contributed by atoms with Gasteiger partial charge in [0.25, 0.3) is 10.0 Å². The molecule has 0 bridgehead atoms. The summed E-state index contributed by atoms with van der Waals surface area (Å²) in [4.78, 5) is 12.4. The summed E-state index contributed by atoms with van der Waals surface area (Å²) in [5, 5.41) is 2.72. The van der Waals surface area contributed by atoms with Crippen molar-refractivity contribution in [2.24, 2.45) is 0 Å². The first-order valence-corrected chi connectivity index (χ1v) is 11.7. The van der Waals surface area contributed by atoms with Crippen LogP contribution in [0.4, 0.5) is 16.2 Å². The van der Waals surface area contributed by atoms with Gasteiger partial charge in [-0.15, -0.1) is 0 Å². The minimum atomic E-state index is -3.71. The van der Waals surface area contributed by atoms with E-state index in [9.17, 15) is 13.2 Å². The van der Waals surface area contributed by atoms with E-state index in [2.05, 4.69) is 5.32 Å². The van der Waals surface area contributed by atoms with Gasteiger partial charge in [0.15, 0.2) is 0 Å². The average molecular weight is 453 g/mol. The summed E-state index contributed by atoms with van der Waals surface area (Å²) in [7, 11) is -2.17. The van der Waals surface area contributed by atoms with E-state index in [1.165, 1.54) is 11.4 Å². The maximum atomic E-state index is 13.2. The number of hydrogen-bond donors (Lipinski definition) is 1. The predicted octanol–water partition coefficient (Wildman–Crippen LogP) is 4.59. The Kier molecular flexibility index (Phi) is 6.32. The van der Waals surface area contributed by atoms with Crippen molar-refractivity contribution >= 4 is 27.5 Å². The number of aryl methyl sites for hydroxylation is 1. The number of anilines is 2. The smallest absolute Gasteiger partial charge is 0.411 e. The Hall–Kier alpha value is -3.52. The second kappa shape index (κ2) is 9.32. The van der Waals surface area contributed by atoms with E-state index in [1.54, 1.807) is 42.5 Å². The SMILES string of the molecule is COc1ccc(S(=O)(=O)N2CCCc3cc(NC(=O)OCc4ccccc4)ccc32)cc1. The zero-order valence-electron chi connectivity index (χ0n) is 17.7. The lowest BCUT2D eigenvalue weighted by molar-refractivity contribution is 0.155. The van der Waals surface area contributed by atoms with Crippen LogP contribution in [0.2, 0.25) is 0 Å². The molecule has 166 valence electrons. The molecular weight excluding hydrogens is 428 g/mol. The van der Waals surface area contributed by atoms with E-state index in [-0.39, 0.29) is 11.5 Å². The van der Waals surface area contributed by atoms with Crippen molar-refractivity contribution in [2.45, 2.75) is 24.3 Å². The molecule has 0 spiro atoms. The van der Waals surface area contributed by atoms with Gasteiger partial charge in [-0.25, -0.2) is 13.2 Å². The summed E-state index contributed by atoms with van der Waals surface area (Å²) in [6, 6.07) is 21.0. The van der Waals surface area contributed by atoms with E-state index in [0.29, 0.717) is 30.1 Å². The average Bonchev–Trinajstić information content (AvgIpc) is 2.83. The van der Waals surface area contributed by atoms with Crippen LogP contribution < -0.4 is 14.4 Å². The molecule has 0 aromatic heterocycles. The molecule has 8 heteroatoms. The summed E-state index contributed by atoms with van der Waals surface area (Å²) in [6.07, 6.45) is 0.843. The second-order valence-corrected chi connectivity index (χ2v) is 9.25. The highest BCUT2D eigenvalue weighted by Gasteiger charge is 2.29. The molecule has 1 heterocycles. The lowest BCUT2D eigenvalue weighted by Gasteiger charge is -2.31. The second-order valence-electron chi connectivity index (χ2n) is 7.39. The molecule has 0 atom stereocenters. The first-order chi connectivity index (χ1) is 15.5. The molecule has 4 rings (SSSR count). The Balaban J connectivity index is 1.49. The number of carbonyl (C=O) groups excluding carboxylic acids is 1. The highest BCUT2D eigenvalue weighted by molar-refractivity contribution is 7.92. The Labute approximate surface area is 187 Å². The maximum absolute atomic E-state index is 13.2. The molecule has 1 amide bonds. The molecular formula is C24H24N2O5S. The number of fused-ring (bicyclic) bond motifs is 1. The van der Waals surface area contributed by atoms with Crippen molar-refractivity contribution in [2.75, 3.05) is 23.3 Å². The topological polar surface area (TPSA) is 84.9 Å². The molecule has 0 radical (unpaired) electrons. The number of methoxy groups -OCH3 is 1. The minimum absolute atomic E-state index is 0.172. The number of rotatable bonds is 6. The van der Waals surface area contributed by atoms with Crippen molar-refractivity contribution in [3.05, 3.63) is 83.9 Å². The van der Waals surface area contributed by atoms with E-state index in [4.69, 9.17) is 9.47 Å². The zero-order valence-corrected chi connectivity index (χ0v) is 18.5. The van der Waals surface area contributed by atoms with E-state index in [1.807, 2.05) is 30.3 Å². The van der Waals surface area contributed by atoms with Gasteiger partial charge in [0, 0.05) is 12.2 Å². The molecule has 0 unspecified atom stereocenters. The van der Waals surface area contributed by atoms with Gasteiger partial charge in [0.2, 0.25) is 0 Å². The Morgan fingerprint density at radius 3 is 2.50 bits per heavy atom. The van der Waals surface area contributed by atoms with Gasteiger partial charge < -0.3 is 9.47 Å². The van der Waals surface area contributed by atoms with Crippen LogP contribution in [0.25, 0.3) is 0 Å². The van der Waals surface area contributed by atoms with Crippen molar-refractivity contribution in [1.82, 2.24) is 0 Å². The molecule has 0 fully saturated rings. The Bertz CT molecular complexity index is 1190. The Morgan fingerprint density at radius 2 is 1.78 bits per heavy atom. The number of nitrogens with one attached hydrogen (secondary N) is 1. The lowest BCUT2D eigenvalue weighted by Crippen LogP contribution is -2.35. The Morgan fingerprint density at radius 1 is 1.03 bits per heavy atom. The molecule has 1 aliphatic heterocycles. The van der Waals surface area contributed by atoms with Crippen LogP contribution in [0.15, 0.2) is 77.7 Å². The van der Waals surface area contributed by atoms with Gasteiger partial charge in [0.1, 0.15) is 12.4 Å². The fraction of sp³-hybridized carbons (Fsp3) is 0.208. The molecule has 7 nitrogen and oxygen atoms in total. The lowest BCUT2D eigenvalue weighted by atomic mass is 10.0. The number of nitrogens with zero attached hydrogens (tertiary/aromatic N) is 1. The number of carbonyl (C=O) groups is 1. The molecule has 3 aromatic rings. The number of hydrogen-bond acceptors (Lipinski definition) is 5. The van der Waals surface area contributed by atoms with Gasteiger partial charge in [-0.3, -0.25) is 9.62 Å². The van der Waals surface area contributed by atoms with Crippen molar-refractivity contribution in [1.29, 1.82) is 0 Å². The summed E-state index contributed by atoms with van der Waals surface area (Å²) in [5.74, 6) is 0.595. The quantitative estimate of drug-likeness (QED) is 0.592. The first-order valence-electron chi connectivity index (χ1n) is 10.2. The van der Waals surface area contributed by atoms with Gasteiger partial charge in [-0.1, -0.05) is 30.3 Å². The van der Waals surface area contributed by atoms with E-state index >= 15 is 0 Å². The van der Waals surface area contributed by atoms with Crippen LogP contribution in [0.1, 0.15) is 17.5 Å². The highest BCUT2D eigenvalue weighted by Crippen LogP contribution is 2.34. The summed E-state index contributed by atoms with van der Waals surface area (Å²) in [6.45, 7) is 0.568. The van der Waals surface area contributed by atoms with E-state index in [0.717, 1.165) is 17.5 Å². The fourth-order valence-electron chi connectivity index (χ4n) is 3.64. The molecule has 1 N–H and O–H groups in total. The van der Waals surface area contributed by atoms with Crippen LogP contribution in [-0.4, -0.2) is 28.2 Å². The van der Waals surface area contributed by atoms with E-state index < -0.39 is 16.1 Å².